The van der Waals surface area contributed by atoms with Gasteiger partial charge in [-0.2, -0.15) is 31.1 Å². The van der Waals surface area contributed by atoms with Crippen LogP contribution in [0.3, 0.4) is 0 Å². The smallest absolute Gasteiger partial charge is 0.381 e. The van der Waals surface area contributed by atoms with E-state index in [4.69, 9.17) is 9.47 Å². The summed E-state index contributed by atoms with van der Waals surface area (Å²) in [7, 11) is 1.56. The summed E-state index contributed by atoms with van der Waals surface area (Å²) in [4.78, 5) is 5.33. The standard InChI is InChI=1S/C29H32F6N6O2/c1-17-24-16-43-15-19(24)12-23-25(4-3-7-40(26(17)23)22-5-8-42-9-6-22)41(27-36-38-39(2)37-27)14-18-10-20(28(30,31)32)13-21(11-18)29(33,34)35/h10-13,22,25H,3-9,14-16H2,1-2H3/t25-/m0/s1. The molecule has 1 saturated heterocycles. The molecule has 0 spiro atoms. The number of ether oxygens (including phenoxy) is 2. The summed E-state index contributed by atoms with van der Waals surface area (Å²) >= 11 is 0. The molecule has 0 amide bonds. The minimum absolute atomic E-state index is 0.123. The SMILES string of the molecule is Cc1c2c(cc3c1N(C1CCOCC1)CCC[C@@H]3N(Cc1cc(C(F)(F)F)cc(C(F)(F)F)c1)c1nnn(C)n1)COC2. The lowest BCUT2D eigenvalue weighted by Crippen LogP contribution is -2.40. The van der Waals surface area contributed by atoms with E-state index in [-0.39, 0.29) is 30.2 Å². The van der Waals surface area contributed by atoms with Crippen molar-refractivity contribution in [1.82, 2.24) is 20.2 Å². The summed E-state index contributed by atoms with van der Waals surface area (Å²) in [5, 5.41) is 12.5. The van der Waals surface area contributed by atoms with Gasteiger partial charge >= 0.3 is 12.4 Å². The van der Waals surface area contributed by atoms with Crippen molar-refractivity contribution < 1.29 is 35.8 Å². The average Bonchev–Trinajstić information content (AvgIpc) is 3.57. The van der Waals surface area contributed by atoms with Gasteiger partial charge in [-0.05, 0) is 89.9 Å². The van der Waals surface area contributed by atoms with Gasteiger partial charge in [0.1, 0.15) is 0 Å². The Morgan fingerprint density at radius 1 is 0.930 bits per heavy atom. The maximum absolute atomic E-state index is 13.8. The normalized spacial score (nSPS) is 19.7. The van der Waals surface area contributed by atoms with Crippen molar-refractivity contribution in [2.75, 3.05) is 29.6 Å². The van der Waals surface area contributed by atoms with Crippen molar-refractivity contribution in [2.45, 2.75) is 76.8 Å². The van der Waals surface area contributed by atoms with Crippen molar-refractivity contribution in [3.05, 3.63) is 63.2 Å². The van der Waals surface area contributed by atoms with Gasteiger partial charge in [-0.25, -0.2) is 0 Å². The molecule has 0 N–H and O–H groups in total. The monoisotopic (exact) mass is 610 g/mol. The number of hydrogen-bond acceptors (Lipinski definition) is 7. The van der Waals surface area contributed by atoms with Crippen LogP contribution < -0.4 is 9.80 Å². The van der Waals surface area contributed by atoms with Crippen molar-refractivity contribution in [3.63, 3.8) is 0 Å². The molecule has 4 heterocycles. The molecule has 3 aliphatic heterocycles. The zero-order valence-corrected chi connectivity index (χ0v) is 23.8. The fourth-order valence-electron chi connectivity index (χ4n) is 6.60. The van der Waals surface area contributed by atoms with Crippen LogP contribution in [0.5, 0.6) is 0 Å². The highest BCUT2D eigenvalue weighted by Gasteiger charge is 2.39. The largest absolute Gasteiger partial charge is 0.416 e. The quantitative estimate of drug-likeness (QED) is 0.323. The first-order valence-electron chi connectivity index (χ1n) is 14.3. The van der Waals surface area contributed by atoms with Gasteiger partial charge < -0.3 is 19.3 Å². The number of rotatable bonds is 5. The second-order valence-electron chi connectivity index (χ2n) is 11.4. The molecule has 3 aliphatic rings. The Morgan fingerprint density at radius 2 is 1.63 bits per heavy atom. The van der Waals surface area contributed by atoms with E-state index in [2.05, 4.69) is 33.3 Å². The maximum atomic E-state index is 13.8. The number of hydrogen-bond donors (Lipinski definition) is 0. The lowest BCUT2D eigenvalue weighted by atomic mass is 9.91. The summed E-state index contributed by atoms with van der Waals surface area (Å²) in [5.41, 5.74) is 2.32. The first kappa shape index (κ1) is 29.7. The van der Waals surface area contributed by atoms with Crippen molar-refractivity contribution in [2.24, 2.45) is 7.05 Å². The van der Waals surface area contributed by atoms with Crippen LogP contribution in [0.1, 0.15) is 70.7 Å². The van der Waals surface area contributed by atoms with Crippen LogP contribution in [0.2, 0.25) is 0 Å². The van der Waals surface area contributed by atoms with Gasteiger partial charge in [0.2, 0.25) is 0 Å². The van der Waals surface area contributed by atoms with Crippen molar-refractivity contribution in [1.29, 1.82) is 0 Å². The minimum Gasteiger partial charge on any atom is -0.381 e. The number of aryl methyl sites for hydroxylation is 1. The van der Waals surface area contributed by atoms with E-state index < -0.39 is 29.5 Å². The van der Waals surface area contributed by atoms with E-state index in [1.165, 1.54) is 4.80 Å². The topological polar surface area (TPSA) is 68.5 Å². The van der Waals surface area contributed by atoms with Crippen LogP contribution in [0.15, 0.2) is 24.3 Å². The van der Waals surface area contributed by atoms with Crippen molar-refractivity contribution in [3.8, 4) is 0 Å². The number of nitrogens with zero attached hydrogens (tertiary/aromatic N) is 6. The predicted octanol–water partition coefficient (Wildman–Crippen LogP) is 6.11. The summed E-state index contributed by atoms with van der Waals surface area (Å²) in [6.07, 6.45) is -6.88. The highest BCUT2D eigenvalue weighted by Crippen LogP contribution is 2.46. The molecule has 0 unspecified atom stereocenters. The number of anilines is 2. The van der Waals surface area contributed by atoms with Gasteiger partial charge in [0.05, 0.1) is 37.4 Å². The molecule has 14 heteroatoms. The molecule has 2 aromatic carbocycles. The van der Waals surface area contributed by atoms with Gasteiger partial charge in [0.15, 0.2) is 0 Å². The number of fused-ring (bicyclic) bond motifs is 2. The van der Waals surface area contributed by atoms with Crippen LogP contribution in [-0.2, 0) is 48.6 Å². The van der Waals surface area contributed by atoms with Gasteiger partial charge in [0.25, 0.3) is 5.95 Å². The third-order valence-electron chi connectivity index (χ3n) is 8.59. The van der Waals surface area contributed by atoms with E-state index in [0.29, 0.717) is 32.8 Å². The molecule has 0 bridgehead atoms. The van der Waals surface area contributed by atoms with Crippen LogP contribution in [0.4, 0.5) is 38.0 Å². The van der Waals surface area contributed by atoms with Gasteiger partial charge in [0, 0.05) is 38.0 Å². The highest BCUT2D eigenvalue weighted by atomic mass is 19.4. The minimum atomic E-state index is -4.96. The Morgan fingerprint density at radius 3 is 2.26 bits per heavy atom. The molecule has 0 aliphatic carbocycles. The molecule has 0 saturated carbocycles. The molecule has 8 nitrogen and oxygen atoms in total. The molecule has 6 rings (SSSR count). The van der Waals surface area contributed by atoms with Crippen LogP contribution in [-0.4, -0.2) is 46.0 Å². The number of alkyl halides is 6. The van der Waals surface area contributed by atoms with Gasteiger partial charge in [-0.1, -0.05) is 5.10 Å². The third kappa shape index (κ3) is 5.91. The molecule has 43 heavy (non-hydrogen) atoms. The second kappa shape index (κ2) is 11.3. The Bertz CT molecular complexity index is 1450. The molecule has 1 aromatic heterocycles. The molecule has 3 aromatic rings. The summed E-state index contributed by atoms with van der Waals surface area (Å²) in [5.74, 6) is 0.123. The molecule has 1 fully saturated rings. The third-order valence-corrected chi connectivity index (χ3v) is 8.59. The van der Waals surface area contributed by atoms with Crippen LogP contribution in [0.25, 0.3) is 0 Å². The second-order valence-corrected chi connectivity index (χ2v) is 11.4. The zero-order valence-electron chi connectivity index (χ0n) is 23.8. The molecular formula is C29H32F6N6O2. The highest BCUT2D eigenvalue weighted by molar-refractivity contribution is 5.67. The van der Waals surface area contributed by atoms with E-state index in [0.717, 1.165) is 65.9 Å². The summed E-state index contributed by atoms with van der Waals surface area (Å²) in [6.45, 7) is 4.75. The number of aromatic nitrogens is 4. The number of tetrazole rings is 1. The fraction of sp³-hybridized carbons (Fsp3) is 0.552. The van der Waals surface area contributed by atoms with Crippen molar-refractivity contribution >= 4 is 11.6 Å². The lowest BCUT2D eigenvalue weighted by molar-refractivity contribution is -0.143. The van der Waals surface area contributed by atoms with Crippen LogP contribution in [0, 0.1) is 6.92 Å². The van der Waals surface area contributed by atoms with Crippen LogP contribution >= 0.6 is 0 Å². The first-order valence-corrected chi connectivity index (χ1v) is 14.3. The molecule has 1 atom stereocenters. The Kier molecular flexibility index (Phi) is 7.78. The Hall–Kier alpha value is -3.39. The van der Waals surface area contributed by atoms with Gasteiger partial charge in [-0.3, -0.25) is 0 Å². The average molecular weight is 611 g/mol. The number of halogens is 6. The summed E-state index contributed by atoms with van der Waals surface area (Å²) < 4.78 is 93.9. The lowest BCUT2D eigenvalue weighted by Gasteiger charge is -2.39. The predicted molar refractivity (Wildman–Crippen MR) is 144 cm³/mol. The Balaban J connectivity index is 1.49. The maximum Gasteiger partial charge on any atom is 0.416 e. The van der Waals surface area contributed by atoms with E-state index >= 15 is 0 Å². The first-order chi connectivity index (χ1) is 20.4. The molecule has 0 radical (unpaired) electrons. The van der Waals surface area contributed by atoms with Gasteiger partial charge in [-0.15, -0.1) is 5.10 Å². The van der Waals surface area contributed by atoms with E-state index in [1.807, 2.05) is 0 Å². The Labute approximate surface area is 244 Å². The molecule has 232 valence electrons. The summed E-state index contributed by atoms with van der Waals surface area (Å²) in [6, 6.07) is 3.57. The molecular weight excluding hydrogens is 578 g/mol. The zero-order chi connectivity index (χ0) is 30.5. The van der Waals surface area contributed by atoms with E-state index in [1.54, 1.807) is 11.9 Å². The fourth-order valence-corrected chi connectivity index (χ4v) is 6.60. The van der Waals surface area contributed by atoms with E-state index in [9.17, 15) is 26.3 Å². The number of benzene rings is 2.